The number of carboxylic acid groups (broad SMARTS) is 1. The molecule has 3 rings (SSSR count). The zero-order chi connectivity index (χ0) is 15.0. The summed E-state index contributed by atoms with van der Waals surface area (Å²) in [6.07, 6.45) is 2.15. The predicted octanol–water partition coefficient (Wildman–Crippen LogP) is 1.74. The number of nitrogens with zero attached hydrogens (tertiary/aromatic N) is 2. The second-order valence-corrected chi connectivity index (χ2v) is 6.08. The van der Waals surface area contributed by atoms with Crippen molar-refractivity contribution < 1.29 is 18.7 Å². The Morgan fingerprint density at radius 3 is 2.76 bits per heavy atom. The lowest BCUT2D eigenvalue weighted by molar-refractivity contribution is -0.141. The van der Waals surface area contributed by atoms with Crippen LogP contribution in [0.2, 0.25) is 0 Å². The fraction of sp³-hybridized carbons (Fsp3) is 0.714. The van der Waals surface area contributed by atoms with Crippen LogP contribution in [-0.2, 0) is 17.9 Å². The molecule has 1 heterocycles. The molecule has 0 radical (unpaired) electrons. The Morgan fingerprint density at radius 1 is 1.43 bits per heavy atom. The van der Waals surface area contributed by atoms with Crippen molar-refractivity contribution in [1.29, 1.82) is 0 Å². The molecule has 1 aromatic rings. The fourth-order valence-electron chi connectivity index (χ4n) is 3.51. The molecular formula is C14H19F2N3O2. The van der Waals surface area contributed by atoms with Gasteiger partial charge < -0.3 is 5.11 Å². The standard InChI is InChI=1S/C14H19F2N3O2/c15-12(16)7-19-11(1-2-18-19)6-17-13(14(20)21)10-4-8-3-9(8)5-10/h1-2,8-10,12-13,17H,3-7H2,(H,20,21). The Bertz CT molecular complexity index is 510. The van der Waals surface area contributed by atoms with Gasteiger partial charge in [-0.05, 0) is 43.1 Å². The number of hydrogen-bond acceptors (Lipinski definition) is 3. The number of fused-ring (bicyclic) bond motifs is 1. The van der Waals surface area contributed by atoms with E-state index in [0.717, 1.165) is 12.8 Å². The molecule has 7 heteroatoms. The third-order valence-electron chi connectivity index (χ3n) is 4.64. The van der Waals surface area contributed by atoms with Crippen molar-refractivity contribution in [3.8, 4) is 0 Å². The number of nitrogens with one attached hydrogen (secondary N) is 1. The van der Waals surface area contributed by atoms with Crippen molar-refractivity contribution in [3.63, 3.8) is 0 Å². The maximum atomic E-state index is 12.4. The molecule has 5 nitrogen and oxygen atoms in total. The van der Waals surface area contributed by atoms with Gasteiger partial charge in [0.25, 0.3) is 6.43 Å². The molecule has 0 amide bonds. The van der Waals surface area contributed by atoms with E-state index in [9.17, 15) is 18.7 Å². The Kier molecular flexibility index (Phi) is 3.93. The number of alkyl halides is 2. The van der Waals surface area contributed by atoms with Crippen LogP contribution in [0.3, 0.4) is 0 Å². The van der Waals surface area contributed by atoms with E-state index < -0.39 is 25.0 Å². The van der Waals surface area contributed by atoms with E-state index in [0.29, 0.717) is 17.5 Å². The van der Waals surface area contributed by atoms with Crippen molar-refractivity contribution in [2.75, 3.05) is 0 Å². The van der Waals surface area contributed by atoms with E-state index in [-0.39, 0.29) is 12.5 Å². The number of rotatable bonds is 7. The van der Waals surface area contributed by atoms with Crippen LogP contribution < -0.4 is 5.32 Å². The lowest BCUT2D eigenvalue weighted by Gasteiger charge is -2.22. The molecule has 21 heavy (non-hydrogen) atoms. The highest BCUT2D eigenvalue weighted by Gasteiger charge is 2.49. The second kappa shape index (κ2) is 5.71. The summed E-state index contributed by atoms with van der Waals surface area (Å²) in [6.45, 7) is -0.217. The minimum absolute atomic E-state index is 0.151. The Labute approximate surface area is 121 Å². The van der Waals surface area contributed by atoms with Crippen molar-refractivity contribution in [3.05, 3.63) is 18.0 Å². The van der Waals surface area contributed by atoms with E-state index in [1.165, 1.54) is 17.3 Å². The maximum Gasteiger partial charge on any atom is 0.320 e. The Balaban J connectivity index is 1.59. The highest BCUT2D eigenvalue weighted by Crippen LogP contribution is 2.55. The van der Waals surface area contributed by atoms with Gasteiger partial charge in [-0.15, -0.1) is 0 Å². The zero-order valence-electron chi connectivity index (χ0n) is 11.6. The van der Waals surface area contributed by atoms with Gasteiger partial charge in [-0.1, -0.05) is 0 Å². The summed E-state index contributed by atoms with van der Waals surface area (Å²) in [5, 5.41) is 16.2. The first kappa shape index (κ1) is 14.4. The average molecular weight is 299 g/mol. The van der Waals surface area contributed by atoms with Crippen LogP contribution in [0.4, 0.5) is 8.78 Å². The first-order valence-electron chi connectivity index (χ1n) is 7.29. The summed E-state index contributed by atoms with van der Waals surface area (Å²) >= 11 is 0. The molecule has 2 fully saturated rings. The van der Waals surface area contributed by atoms with Crippen LogP contribution in [-0.4, -0.2) is 33.3 Å². The molecule has 3 unspecified atom stereocenters. The molecule has 116 valence electrons. The van der Waals surface area contributed by atoms with Crippen molar-refractivity contribution in [1.82, 2.24) is 15.1 Å². The summed E-state index contributed by atoms with van der Waals surface area (Å²) < 4.78 is 26.1. The first-order chi connectivity index (χ1) is 10.0. The largest absolute Gasteiger partial charge is 0.480 e. The molecule has 1 aromatic heterocycles. The van der Waals surface area contributed by atoms with Gasteiger partial charge in [-0.25, -0.2) is 8.78 Å². The monoisotopic (exact) mass is 299 g/mol. The second-order valence-electron chi connectivity index (χ2n) is 6.08. The van der Waals surface area contributed by atoms with Crippen molar-refractivity contribution >= 4 is 5.97 Å². The Morgan fingerprint density at radius 2 is 2.14 bits per heavy atom. The lowest BCUT2D eigenvalue weighted by Crippen LogP contribution is -2.42. The van der Waals surface area contributed by atoms with Crippen molar-refractivity contribution in [2.24, 2.45) is 17.8 Å². The van der Waals surface area contributed by atoms with Gasteiger partial charge in [0.1, 0.15) is 12.6 Å². The molecule has 0 bridgehead atoms. The molecule has 2 N–H and O–H groups in total. The number of carboxylic acids is 1. The van der Waals surface area contributed by atoms with Crippen molar-refractivity contribution in [2.45, 2.75) is 44.8 Å². The number of halogens is 2. The summed E-state index contributed by atoms with van der Waals surface area (Å²) in [5.41, 5.74) is 0.588. The molecule has 3 atom stereocenters. The molecule has 0 saturated heterocycles. The van der Waals surface area contributed by atoms with Gasteiger partial charge in [-0.3, -0.25) is 14.8 Å². The third kappa shape index (κ3) is 3.23. The molecule has 2 aliphatic carbocycles. The first-order valence-corrected chi connectivity index (χ1v) is 7.29. The van der Waals surface area contributed by atoms with E-state index in [2.05, 4.69) is 10.4 Å². The normalized spacial score (nSPS) is 28.6. The van der Waals surface area contributed by atoms with E-state index in [1.54, 1.807) is 6.07 Å². The van der Waals surface area contributed by atoms with Crippen LogP contribution in [0.15, 0.2) is 12.3 Å². The van der Waals surface area contributed by atoms with Gasteiger partial charge in [0, 0.05) is 12.7 Å². The SMILES string of the molecule is O=C(O)C(NCc1ccnn1CC(F)F)C1CC2CC2C1. The van der Waals surface area contributed by atoms with E-state index in [4.69, 9.17) is 0 Å². The smallest absolute Gasteiger partial charge is 0.320 e. The van der Waals surface area contributed by atoms with Gasteiger partial charge in [0.15, 0.2) is 0 Å². The van der Waals surface area contributed by atoms with Crippen LogP contribution >= 0.6 is 0 Å². The van der Waals surface area contributed by atoms with Crippen LogP contribution in [0.5, 0.6) is 0 Å². The fourth-order valence-corrected chi connectivity index (χ4v) is 3.51. The summed E-state index contributed by atoms with van der Waals surface area (Å²) in [4.78, 5) is 11.4. The Hall–Kier alpha value is -1.50. The number of aliphatic carboxylic acids is 1. The molecule has 0 spiro atoms. The summed E-state index contributed by atoms with van der Waals surface area (Å²) in [7, 11) is 0. The lowest BCUT2D eigenvalue weighted by atomic mass is 9.94. The topological polar surface area (TPSA) is 67.2 Å². The van der Waals surface area contributed by atoms with E-state index in [1.807, 2.05) is 0 Å². The minimum Gasteiger partial charge on any atom is -0.480 e. The summed E-state index contributed by atoms with van der Waals surface area (Å²) in [6, 6.07) is 1.04. The highest BCUT2D eigenvalue weighted by atomic mass is 19.3. The number of hydrogen-bond donors (Lipinski definition) is 2. The van der Waals surface area contributed by atoms with Crippen LogP contribution in [0, 0.1) is 17.8 Å². The molecule has 0 aliphatic heterocycles. The predicted molar refractivity (Wildman–Crippen MR) is 70.8 cm³/mol. The van der Waals surface area contributed by atoms with Gasteiger partial charge in [-0.2, -0.15) is 5.10 Å². The third-order valence-corrected chi connectivity index (χ3v) is 4.64. The van der Waals surface area contributed by atoms with E-state index >= 15 is 0 Å². The summed E-state index contributed by atoms with van der Waals surface area (Å²) in [5.74, 6) is 0.713. The zero-order valence-corrected chi connectivity index (χ0v) is 11.6. The van der Waals surface area contributed by atoms with Gasteiger partial charge in [0.05, 0.1) is 5.69 Å². The number of aromatic nitrogens is 2. The molecule has 2 aliphatic rings. The van der Waals surface area contributed by atoms with Crippen LogP contribution in [0.1, 0.15) is 25.0 Å². The van der Waals surface area contributed by atoms with Gasteiger partial charge >= 0.3 is 5.97 Å². The highest BCUT2D eigenvalue weighted by molar-refractivity contribution is 5.74. The number of carbonyl (C=O) groups is 1. The van der Waals surface area contributed by atoms with Crippen LogP contribution in [0.25, 0.3) is 0 Å². The molecule has 0 aromatic carbocycles. The molecule has 2 saturated carbocycles. The van der Waals surface area contributed by atoms with Gasteiger partial charge in [0.2, 0.25) is 0 Å². The average Bonchev–Trinajstić information content (AvgIpc) is 2.82. The minimum atomic E-state index is -2.47. The molecular weight excluding hydrogens is 280 g/mol. The maximum absolute atomic E-state index is 12.4. The quantitative estimate of drug-likeness (QED) is 0.805.